The first-order valence-electron chi connectivity index (χ1n) is 5.42. The minimum Gasteiger partial charge on any atom is -0.359 e. The maximum atomic E-state index is 5.48. The largest absolute Gasteiger partial charge is 0.359 e. The first kappa shape index (κ1) is 10.0. The molecule has 0 aliphatic heterocycles. The van der Waals surface area contributed by atoms with E-state index in [1.54, 1.807) is 0 Å². The normalized spacial score (nSPS) is 11.1. The van der Waals surface area contributed by atoms with E-state index in [-0.39, 0.29) is 0 Å². The van der Waals surface area contributed by atoms with Gasteiger partial charge in [-0.1, -0.05) is 23.4 Å². The van der Waals surface area contributed by atoms with Crippen LogP contribution in [0, 0.1) is 0 Å². The molecule has 0 amide bonds. The lowest BCUT2D eigenvalue weighted by Crippen LogP contribution is -2.00. The molecule has 0 saturated carbocycles. The van der Waals surface area contributed by atoms with Crippen LogP contribution in [0.15, 0.2) is 41.1 Å². The zero-order chi connectivity index (χ0) is 11.7. The number of nitrogens with zero attached hydrogens (tertiary/aromatic N) is 3. The molecule has 0 fully saturated rings. The van der Waals surface area contributed by atoms with Crippen molar-refractivity contribution in [1.82, 2.24) is 14.9 Å². The van der Waals surface area contributed by atoms with Gasteiger partial charge < -0.3 is 10.3 Å². The van der Waals surface area contributed by atoms with Crippen LogP contribution in [0.1, 0.15) is 11.5 Å². The molecule has 17 heavy (non-hydrogen) atoms. The van der Waals surface area contributed by atoms with E-state index in [2.05, 4.69) is 10.3 Å². The van der Waals surface area contributed by atoms with Crippen LogP contribution in [0.2, 0.25) is 0 Å². The van der Waals surface area contributed by atoms with Crippen molar-refractivity contribution < 1.29 is 4.52 Å². The summed E-state index contributed by atoms with van der Waals surface area (Å²) in [7, 11) is 0. The number of hydrogen-bond donors (Lipinski definition) is 1. The monoisotopic (exact) mass is 228 g/mol. The molecule has 5 nitrogen and oxygen atoms in total. The second-order valence-electron chi connectivity index (χ2n) is 3.85. The third-order valence-corrected chi connectivity index (χ3v) is 2.67. The standard InChI is InChI=1S/C12H12N4O/c13-6-10-5-11(17-15-10)8-16-12-4-2-1-3-9(12)7-14-16/h1-5,7H,6,8,13H2. The van der Waals surface area contributed by atoms with Gasteiger partial charge in [0.2, 0.25) is 0 Å². The average Bonchev–Trinajstić information content (AvgIpc) is 2.97. The Bertz CT molecular complexity index is 641. The Hall–Kier alpha value is -2.14. The van der Waals surface area contributed by atoms with Gasteiger partial charge >= 0.3 is 0 Å². The highest BCUT2D eigenvalue weighted by molar-refractivity contribution is 5.78. The molecule has 0 spiro atoms. The maximum absolute atomic E-state index is 5.48. The van der Waals surface area contributed by atoms with E-state index in [4.69, 9.17) is 10.3 Å². The molecule has 86 valence electrons. The first-order chi connectivity index (χ1) is 8.36. The highest BCUT2D eigenvalue weighted by Gasteiger charge is 2.06. The molecule has 2 heterocycles. The van der Waals surface area contributed by atoms with E-state index in [9.17, 15) is 0 Å². The predicted molar refractivity (Wildman–Crippen MR) is 63.2 cm³/mol. The minimum absolute atomic E-state index is 0.392. The van der Waals surface area contributed by atoms with Crippen molar-refractivity contribution in [2.24, 2.45) is 5.73 Å². The summed E-state index contributed by atoms with van der Waals surface area (Å²) >= 11 is 0. The van der Waals surface area contributed by atoms with E-state index in [0.29, 0.717) is 13.1 Å². The quantitative estimate of drug-likeness (QED) is 0.738. The summed E-state index contributed by atoms with van der Waals surface area (Å²) in [6, 6.07) is 9.91. The van der Waals surface area contributed by atoms with Crippen molar-refractivity contribution in [3.05, 3.63) is 48.0 Å². The number of nitrogens with two attached hydrogens (primary N) is 1. The van der Waals surface area contributed by atoms with E-state index in [1.165, 1.54) is 0 Å². The lowest BCUT2D eigenvalue weighted by atomic mass is 10.2. The van der Waals surface area contributed by atoms with E-state index in [0.717, 1.165) is 22.4 Å². The van der Waals surface area contributed by atoms with Gasteiger partial charge in [-0.25, -0.2) is 0 Å². The molecule has 0 aliphatic carbocycles. The second-order valence-corrected chi connectivity index (χ2v) is 3.85. The summed E-state index contributed by atoms with van der Waals surface area (Å²) in [5, 5.41) is 9.29. The summed E-state index contributed by atoms with van der Waals surface area (Å²) in [6.07, 6.45) is 1.84. The van der Waals surface area contributed by atoms with Crippen LogP contribution in [0.5, 0.6) is 0 Å². The lowest BCUT2D eigenvalue weighted by molar-refractivity contribution is 0.368. The fourth-order valence-electron chi connectivity index (χ4n) is 1.83. The number of rotatable bonds is 3. The highest BCUT2D eigenvalue weighted by Crippen LogP contribution is 2.14. The van der Waals surface area contributed by atoms with Gasteiger partial charge in [0, 0.05) is 18.0 Å². The van der Waals surface area contributed by atoms with E-state index >= 15 is 0 Å². The Balaban J connectivity index is 1.94. The van der Waals surface area contributed by atoms with Crippen LogP contribution in [0.25, 0.3) is 10.9 Å². The fourth-order valence-corrected chi connectivity index (χ4v) is 1.83. The zero-order valence-electron chi connectivity index (χ0n) is 9.21. The van der Waals surface area contributed by atoms with E-state index in [1.807, 2.05) is 41.2 Å². The number of para-hydroxylation sites is 1. The Morgan fingerprint density at radius 1 is 1.29 bits per heavy atom. The number of aromatic nitrogens is 3. The predicted octanol–water partition coefficient (Wildman–Crippen LogP) is 1.53. The van der Waals surface area contributed by atoms with Crippen LogP contribution in [0.3, 0.4) is 0 Å². The Morgan fingerprint density at radius 2 is 2.18 bits per heavy atom. The van der Waals surface area contributed by atoms with Gasteiger partial charge in [-0.15, -0.1) is 0 Å². The number of fused-ring (bicyclic) bond motifs is 1. The van der Waals surface area contributed by atoms with Crippen molar-refractivity contribution in [2.75, 3.05) is 0 Å². The molecule has 3 aromatic rings. The maximum Gasteiger partial charge on any atom is 0.158 e. The lowest BCUT2D eigenvalue weighted by Gasteiger charge is -1.99. The summed E-state index contributed by atoms with van der Waals surface area (Å²) in [6.45, 7) is 0.962. The summed E-state index contributed by atoms with van der Waals surface area (Å²) in [5.41, 5.74) is 7.32. The van der Waals surface area contributed by atoms with Crippen LogP contribution in [-0.4, -0.2) is 14.9 Å². The van der Waals surface area contributed by atoms with E-state index < -0.39 is 0 Å². The first-order valence-corrected chi connectivity index (χ1v) is 5.42. The van der Waals surface area contributed by atoms with Gasteiger partial charge in [0.1, 0.15) is 6.54 Å². The molecule has 0 radical (unpaired) electrons. The summed E-state index contributed by atoms with van der Waals surface area (Å²) < 4.78 is 7.07. The zero-order valence-corrected chi connectivity index (χ0v) is 9.21. The third-order valence-electron chi connectivity index (χ3n) is 2.67. The molecule has 2 aromatic heterocycles. The summed E-state index contributed by atoms with van der Waals surface area (Å²) in [4.78, 5) is 0. The van der Waals surface area contributed by atoms with Crippen LogP contribution in [0.4, 0.5) is 0 Å². The second kappa shape index (κ2) is 4.03. The molecule has 1 aromatic carbocycles. The van der Waals surface area contributed by atoms with Crippen molar-refractivity contribution in [3.63, 3.8) is 0 Å². The SMILES string of the molecule is NCc1cc(Cn2ncc3ccccc32)on1. The van der Waals surface area contributed by atoms with Crippen LogP contribution < -0.4 is 5.73 Å². The van der Waals surface area contributed by atoms with Gasteiger partial charge in [0.25, 0.3) is 0 Å². The third kappa shape index (κ3) is 1.81. The smallest absolute Gasteiger partial charge is 0.158 e. The molecule has 2 N–H and O–H groups in total. The van der Waals surface area contributed by atoms with Gasteiger partial charge in [-0.3, -0.25) is 4.68 Å². The van der Waals surface area contributed by atoms with Crippen molar-refractivity contribution in [2.45, 2.75) is 13.1 Å². The van der Waals surface area contributed by atoms with Crippen LogP contribution in [-0.2, 0) is 13.1 Å². The molecule has 0 saturated heterocycles. The van der Waals surface area contributed by atoms with Gasteiger partial charge in [-0.05, 0) is 6.07 Å². The van der Waals surface area contributed by atoms with Crippen LogP contribution >= 0.6 is 0 Å². The molecular formula is C12H12N4O. The molecule has 5 heteroatoms. The molecule has 0 unspecified atom stereocenters. The fraction of sp³-hybridized carbons (Fsp3) is 0.167. The molecular weight excluding hydrogens is 216 g/mol. The number of benzene rings is 1. The van der Waals surface area contributed by atoms with Gasteiger partial charge in [-0.2, -0.15) is 5.10 Å². The summed E-state index contributed by atoms with van der Waals surface area (Å²) in [5.74, 6) is 0.763. The molecule has 0 atom stereocenters. The highest BCUT2D eigenvalue weighted by atomic mass is 16.5. The topological polar surface area (TPSA) is 69.9 Å². The Morgan fingerprint density at radius 3 is 3.00 bits per heavy atom. The number of hydrogen-bond acceptors (Lipinski definition) is 4. The molecule has 0 bridgehead atoms. The molecule has 0 aliphatic rings. The molecule has 3 rings (SSSR count). The van der Waals surface area contributed by atoms with Crippen molar-refractivity contribution in [1.29, 1.82) is 0 Å². The minimum atomic E-state index is 0.392. The Labute approximate surface area is 97.8 Å². The van der Waals surface area contributed by atoms with Crippen molar-refractivity contribution in [3.8, 4) is 0 Å². The van der Waals surface area contributed by atoms with Gasteiger partial charge in [0.05, 0.1) is 17.4 Å². The Kier molecular flexibility index (Phi) is 2.38. The van der Waals surface area contributed by atoms with Gasteiger partial charge in [0.15, 0.2) is 5.76 Å². The average molecular weight is 228 g/mol. The van der Waals surface area contributed by atoms with Crippen molar-refractivity contribution >= 4 is 10.9 Å².